The lowest BCUT2D eigenvalue weighted by Crippen LogP contribution is -2.56. The number of esters is 1. The molecule has 16 heavy (non-hydrogen) atoms. The van der Waals surface area contributed by atoms with Gasteiger partial charge in [-0.1, -0.05) is 0 Å². The Kier molecular flexibility index (Phi) is 1.79. The van der Waals surface area contributed by atoms with E-state index < -0.39 is 42.1 Å². The van der Waals surface area contributed by atoms with E-state index in [0.29, 0.717) is 0 Å². The van der Waals surface area contributed by atoms with Crippen molar-refractivity contribution in [2.24, 2.45) is 5.73 Å². The van der Waals surface area contributed by atoms with E-state index in [1.54, 1.807) is 13.8 Å². The van der Waals surface area contributed by atoms with Crippen LogP contribution in [-0.4, -0.2) is 47.2 Å². The molecule has 0 aromatic heterocycles. The highest BCUT2D eigenvalue weighted by molar-refractivity contribution is 5.79. The fraction of sp³-hybridized carbons (Fsp3) is 0.889. The smallest absolute Gasteiger partial charge is 0.340 e. The fourth-order valence-corrected chi connectivity index (χ4v) is 2.33. The topological polar surface area (TPSA) is 100 Å². The number of aliphatic hydroxyl groups is 1. The molecule has 0 bridgehead atoms. The molecule has 4 unspecified atom stereocenters. The lowest BCUT2D eigenvalue weighted by Gasteiger charge is -2.27. The fourth-order valence-electron chi connectivity index (χ4n) is 2.33. The summed E-state index contributed by atoms with van der Waals surface area (Å²) in [6.07, 6.45) is -3.64. The van der Waals surface area contributed by atoms with Crippen molar-refractivity contribution >= 4 is 5.97 Å². The minimum Gasteiger partial charge on any atom is -0.453 e. The number of aliphatic hydroxyl groups excluding tert-OH is 1. The Bertz CT molecular complexity index is 358. The Morgan fingerprint density at radius 1 is 1.31 bits per heavy atom. The Morgan fingerprint density at radius 3 is 2.69 bits per heavy atom. The van der Waals surface area contributed by atoms with E-state index in [1.165, 1.54) is 0 Å². The molecule has 7 nitrogen and oxygen atoms in total. The molecule has 7 heteroatoms. The zero-order valence-corrected chi connectivity index (χ0v) is 8.88. The van der Waals surface area contributed by atoms with Gasteiger partial charge in [0.05, 0.1) is 0 Å². The van der Waals surface area contributed by atoms with Crippen molar-refractivity contribution in [3.05, 3.63) is 0 Å². The molecular weight excluding hydrogens is 218 g/mol. The molecule has 3 fully saturated rings. The van der Waals surface area contributed by atoms with Gasteiger partial charge < -0.3 is 24.1 Å². The van der Waals surface area contributed by atoms with Crippen LogP contribution in [0.3, 0.4) is 0 Å². The molecule has 3 aliphatic heterocycles. The Morgan fingerprint density at radius 2 is 2.00 bits per heavy atom. The van der Waals surface area contributed by atoms with Crippen LogP contribution in [0, 0.1) is 0 Å². The van der Waals surface area contributed by atoms with E-state index in [-0.39, 0.29) is 0 Å². The number of rotatable bonds is 0. The molecule has 3 saturated heterocycles. The largest absolute Gasteiger partial charge is 0.453 e. The van der Waals surface area contributed by atoms with Crippen LogP contribution in [0.2, 0.25) is 0 Å². The number of fused-ring (bicyclic) bond motifs is 3. The Balaban J connectivity index is 1.91. The third kappa shape index (κ3) is 1.12. The zero-order chi connectivity index (χ0) is 11.7. The summed E-state index contributed by atoms with van der Waals surface area (Å²) < 4.78 is 21.3. The van der Waals surface area contributed by atoms with Crippen molar-refractivity contribution in [3.8, 4) is 0 Å². The first kappa shape index (κ1) is 10.4. The van der Waals surface area contributed by atoms with Gasteiger partial charge in [-0.2, -0.15) is 0 Å². The molecule has 3 N–H and O–H groups in total. The van der Waals surface area contributed by atoms with Gasteiger partial charge >= 0.3 is 5.97 Å². The second-order valence-corrected chi connectivity index (χ2v) is 4.70. The Hall–Kier alpha value is -0.730. The number of carbonyl (C=O) groups is 1. The third-order valence-corrected chi connectivity index (χ3v) is 3.05. The summed E-state index contributed by atoms with van der Waals surface area (Å²) >= 11 is 0. The minimum atomic E-state index is -1.57. The number of nitrogens with two attached hydrogens (primary N) is 1. The van der Waals surface area contributed by atoms with Gasteiger partial charge in [0.1, 0.15) is 0 Å². The van der Waals surface area contributed by atoms with Crippen LogP contribution in [0.4, 0.5) is 0 Å². The molecule has 0 radical (unpaired) electrons. The molecular formula is C9H13NO6. The summed E-state index contributed by atoms with van der Waals surface area (Å²) in [5.74, 6) is -1.60. The van der Waals surface area contributed by atoms with Gasteiger partial charge in [0, 0.05) is 0 Å². The van der Waals surface area contributed by atoms with Crippen molar-refractivity contribution in [1.29, 1.82) is 0 Å². The highest BCUT2D eigenvalue weighted by Crippen LogP contribution is 2.45. The maximum atomic E-state index is 11.2. The molecule has 0 saturated carbocycles. The number of ether oxygens (including phenoxy) is 4. The summed E-state index contributed by atoms with van der Waals surface area (Å²) in [5, 5.41) is 9.58. The summed E-state index contributed by atoms with van der Waals surface area (Å²) in [5.41, 5.74) is 4.23. The molecule has 5 atom stereocenters. The highest BCUT2D eigenvalue weighted by Gasteiger charge is 2.70. The number of hydrogen-bond acceptors (Lipinski definition) is 7. The average molecular weight is 231 g/mol. The van der Waals surface area contributed by atoms with Gasteiger partial charge in [0.15, 0.2) is 36.1 Å². The van der Waals surface area contributed by atoms with Crippen LogP contribution < -0.4 is 5.73 Å². The molecule has 90 valence electrons. The monoisotopic (exact) mass is 231 g/mol. The van der Waals surface area contributed by atoms with Crippen molar-refractivity contribution in [2.75, 3.05) is 0 Å². The molecule has 0 aliphatic carbocycles. The first-order valence-electron chi connectivity index (χ1n) is 5.04. The zero-order valence-electron chi connectivity index (χ0n) is 8.88. The quantitative estimate of drug-likeness (QED) is 0.486. The van der Waals surface area contributed by atoms with Gasteiger partial charge in [0.2, 0.25) is 0 Å². The first-order valence-corrected chi connectivity index (χ1v) is 5.04. The standard InChI is InChI=1S/C9H13NO6/c1-8(2)14-3-5-9(10,16-7(3)15-8)4(11)6(12)13-5/h3-5,7,11H,10H2,1-2H3/t3?,4-,5?,7?,9?/m1/s1. The van der Waals surface area contributed by atoms with E-state index in [0.717, 1.165) is 0 Å². The lowest BCUT2D eigenvalue weighted by molar-refractivity contribution is -0.239. The maximum absolute atomic E-state index is 11.2. The first-order chi connectivity index (χ1) is 7.33. The normalized spacial score (nSPS) is 53.6. The van der Waals surface area contributed by atoms with E-state index in [9.17, 15) is 9.90 Å². The van der Waals surface area contributed by atoms with Gasteiger partial charge in [0.25, 0.3) is 0 Å². The van der Waals surface area contributed by atoms with Crippen LogP contribution in [0.25, 0.3) is 0 Å². The van der Waals surface area contributed by atoms with Gasteiger partial charge in [-0.05, 0) is 13.8 Å². The lowest BCUT2D eigenvalue weighted by atomic mass is 10.0. The number of carbonyl (C=O) groups excluding carboxylic acids is 1. The summed E-state index contributed by atoms with van der Waals surface area (Å²) in [6, 6.07) is 0. The SMILES string of the molecule is CC1(C)OC2OC3(N)C(OC(=O)[C@H]3O)C2O1. The summed E-state index contributed by atoms with van der Waals surface area (Å²) in [4.78, 5) is 11.2. The summed E-state index contributed by atoms with van der Waals surface area (Å²) in [6.45, 7) is 3.44. The van der Waals surface area contributed by atoms with E-state index >= 15 is 0 Å². The van der Waals surface area contributed by atoms with Crippen molar-refractivity contribution in [2.45, 2.75) is 50.0 Å². The van der Waals surface area contributed by atoms with Crippen LogP contribution in [-0.2, 0) is 23.7 Å². The number of hydrogen-bond donors (Lipinski definition) is 2. The molecule has 0 aromatic carbocycles. The molecule has 3 aliphatic rings. The minimum absolute atomic E-state index is 0.596. The van der Waals surface area contributed by atoms with Gasteiger partial charge in [-0.15, -0.1) is 0 Å². The van der Waals surface area contributed by atoms with Crippen molar-refractivity contribution < 1.29 is 28.8 Å². The Labute approximate surface area is 91.4 Å². The maximum Gasteiger partial charge on any atom is 0.340 e. The second-order valence-electron chi connectivity index (χ2n) is 4.70. The highest BCUT2D eigenvalue weighted by atomic mass is 16.9. The molecule has 0 aromatic rings. The molecule has 0 spiro atoms. The van der Waals surface area contributed by atoms with Crippen LogP contribution >= 0.6 is 0 Å². The van der Waals surface area contributed by atoms with Gasteiger partial charge in [-0.25, -0.2) is 4.79 Å². The third-order valence-electron chi connectivity index (χ3n) is 3.05. The van der Waals surface area contributed by atoms with E-state index in [1.807, 2.05) is 0 Å². The predicted molar refractivity (Wildman–Crippen MR) is 47.7 cm³/mol. The predicted octanol–water partition coefficient (Wildman–Crippen LogP) is -1.56. The molecule has 3 rings (SSSR count). The molecule has 0 amide bonds. The summed E-state index contributed by atoms with van der Waals surface area (Å²) in [7, 11) is 0. The van der Waals surface area contributed by atoms with Crippen LogP contribution in [0.15, 0.2) is 0 Å². The van der Waals surface area contributed by atoms with E-state index in [4.69, 9.17) is 24.7 Å². The average Bonchev–Trinajstić information content (AvgIpc) is 2.64. The van der Waals surface area contributed by atoms with Crippen molar-refractivity contribution in [3.63, 3.8) is 0 Å². The van der Waals surface area contributed by atoms with Gasteiger partial charge in [-0.3, -0.25) is 5.73 Å². The van der Waals surface area contributed by atoms with Crippen molar-refractivity contribution in [1.82, 2.24) is 0 Å². The van der Waals surface area contributed by atoms with Crippen LogP contribution in [0.1, 0.15) is 13.8 Å². The van der Waals surface area contributed by atoms with E-state index in [2.05, 4.69) is 0 Å². The molecule has 3 heterocycles. The van der Waals surface area contributed by atoms with Crippen LogP contribution in [0.5, 0.6) is 0 Å². The second kappa shape index (κ2) is 2.74.